The first-order valence-corrected chi connectivity index (χ1v) is 14.0. The zero-order valence-corrected chi connectivity index (χ0v) is 23.0. The average Bonchev–Trinajstić information content (AvgIpc) is 2.86. The first kappa shape index (κ1) is 27.2. The predicted octanol–water partition coefficient (Wildman–Crippen LogP) is 5.30. The summed E-state index contributed by atoms with van der Waals surface area (Å²) in [7, 11) is -1.79. The van der Waals surface area contributed by atoms with Crippen LogP contribution in [0.3, 0.4) is 0 Å². The fourth-order valence-electron chi connectivity index (χ4n) is 4.93. The molecule has 0 bridgehead atoms. The van der Waals surface area contributed by atoms with E-state index in [1.54, 1.807) is 0 Å². The van der Waals surface area contributed by atoms with Gasteiger partial charge in [-0.2, -0.15) is 0 Å². The van der Waals surface area contributed by atoms with Crippen molar-refractivity contribution < 1.29 is 22.7 Å². The van der Waals surface area contributed by atoms with E-state index >= 15 is 8.78 Å². The Bertz CT molecular complexity index is 1170. The minimum Gasteiger partial charge on any atom is -0.400 e. The number of anilines is 1. The van der Waals surface area contributed by atoms with Gasteiger partial charge in [-0.05, 0) is 35.7 Å². The summed E-state index contributed by atoms with van der Waals surface area (Å²) in [6.45, 7) is 10.7. The standard InChI is InChI=1S/C30H34F2NO3Si/c1-20-17-33(18-21(2)35-20)28-25(16-22(19-34)26(31)27(28)32)29(30(3,4)5)36-37(23-12-8-6-9-13-23)24-14-10-7-11-15-24/h6-16,19-21,29H,17-18H2,1-5H3/t20-,21+,29?. The van der Waals surface area contributed by atoms with Crippen LogP contribution in [0.1, 0.15) is 56.6 Å². The number of benzene rings is 3. The van der Waals surface area contributed by atoms with Crippen LogP contribution < -0.4 is 15.3 Å². The summed E-state index contributed by atoms with van der Waals surface area (Å²) in [5, 5.41) is 2.09. The Hall–Kier alpha value is -2.87. The summed E-state index contributed by atoms with van der Waals surface area (Å²) in [5.74, 6) is -2.16. The molecule has 37 heavy (non-hydrogen) atoms. The summed E-state index contributed by atoms with van der Waals surface area (Å²) < 4.78 is 43.7. The number of hydrogen-bond acceptors (Lipinski definition) is 4. The lowest BCUT2D eigenvalue weighted by Gasteiger charge is -2.41. The van der Waals surface area contributed by atoms with Gasteiger partial charge in [0.05, 0.1) is 29.6 Å². The van der Waals surface area contributed by atoms with Gasteiger partial charge in [-0.25, -0.2) is 8.78 Å². The Morgan fingerprint density at radius 2 is 1.46 bits per heavy atom. The van der Waals surface area contributed by atoms with Crippen molar-refractivity contribution in [3.05, 3.63) is 89.5 Å². The van der Waals surface area contributed by atoms with Crippen LogP contribution in [-0.2, 0) is 9.16 Å². The molecule has 0 saturated carbocycles. The highest BCUT2D eigenvalue weighted by molar-refractivity contribution is 6.80. The molecule has 4 rings (SSSR count). The molecule has 3 aromatic carbocycles. The van der Waals surface area contributed by atoms with E-state index in [1.807, 2.05) is 100 Å². The Morgan fingerprint density at radius 1 is 0.946 bits per heavy atom. The molecule has 1 aliphatic heterocycles. The van der Waals surface area contributed by atoms with E-state index < -0.39 is 32.2 Å². The first-order valence-electron chi connectivity index (χ1n) is 12.6. The molecule has 3 atom stereocenters. The number of rotatable bonds is 7. The van der Waals surface area contributed by atoms with Crippen molar-refractivity contribution >= 4 is 31.4 Å². The van der Waals surface area contributed by atoms with E-state index in [2.05, 4.69) is 0 Å². The lowest BCUT2D eigenvalue weighted by Crippen LogP contribution is -2.48. The second kappa shape index (κ2) is 11.3. The van der Waals surface area contributed by atoms with E-state index in [9.17, 15) is 4.79 Å². The summed E-state index contributed by atoms with van der Waals surface area (Å²) in [6, 6.07) is 21.4. The van der Waals surface area contributed by atoms with Crippen LogP contribution in [0.4, 0.5) is 14.5 Å². The summed E-state index contributed by atoms with van der Waals surface area (Å²) in [5.41, 5.74) is -0.185. The Balaban J connectivity index is 1.90. The Morgan fingerprint density at radius 3 is 1.92 bits per heavy atom. The minimum atomic E-state index is -1.79. The van der Waals surface area contributed by atoms with Crippen LogP contribution in [0.15, 0.2) is 66.7 Å². The van der Waals surface area contributed by atoms with Gasteiger partial charge in [0.2, 0.25) is 0 Å². The van der Waals surface area contributed by atoms with Crippen LogP contribution in [0.2, 0.25) is 0 Å². The van der Waals surface area contributed by atoms with Crippen molar-refractivity contribution in [2.24, 2.45) is 5.41 Å². The van der Waals surface area contributed by atoms with Gasteiger partial charge in [0, 0.05) is 18.7 Å². The molecule has 0 aliphatic carbocycles. The van der Waals surface area contributed by atoms with E-state index in [-0.39, 0.29) is 23.5 Å². The van der Waals surface area contributed by atoms with Crippen molar-refractivity contribution in [2.75, 3.05) is 18.0 Å². The average molecular weight is 523 g/mol. The SMILES string of the molecule is C[C@@H]1CN(c2c(C(O[Si](c3ccccc3)c3ccccc3)C(C)(C)C)cc(C=O)c(F)c2F)C[C@H](C)O1. The largest absolute Gasteiger partial charge is 0.400 e. The molecule has 0 spiro atoms. The highest BCUT2D eigenvalue weighted by Gasteiger charge is 2.38. The molecule has 0 amide bonds. The van der Waals surface area contributed by atoms with Crippen molar-refractivity contribution in [3.63, 3.8) is 0 Å². The minimum absolute atomic E-state index is 0.146. The predicted molar refractivity (Wildman–Crippen MR) is 145 cm³/mol. The summed E-state index contributed by atoms with van der Waals surface area (Å²) in [6.07, 6.45) is -0.575. The number of nitrogens with zero attached hydrogens (tertiary/aromatic N) is 1. The number of morpholine rings is 1. The topological polar surface area (TPSA) is 38.8 Å². The van der Waals surface area contributed by atoms with Crippen molar-refractivity contribution in [2.45, 2.75) is 52.9 Å². The van der Waals surface area contributed by atoms with E-state index in [4.69, 9.17) is 9.16 Å². The fraction of sp³-hybridized carbons (Fsp3) is 0.367. The van der Waals surface area contributed by atoms with Crippen LogP contribution in [0, 0.1) is 17.0 Å². The van der Waals surface area contributed by atoms with E-state index in [1.165, 1.54) is 6.07 Å². The molecule has 7 heteroatoms. The van der Waals surface area contributed by atoms with Crippen molar-refractivity contribution in [1.29, 1.82) is 0 Å². The molecule has 195 valence electrons. The number of ether oxygens (including phenoxy) is 1. The Kier molecular flexibility index (Phi) is 8.26. The molecule has 0 aromatic heterocycles. The lowest BCUT2D eigenvalue weighted by atomic mass is 9.83. The maximum Gasteiger partial charge on any atom is 0.283 e. The lowest BCUT2D eigenvalue weighted by molar-refractivity contribution is -0.00576. The van der Waals surface area contributed by atoms with E-state index in [0.29, 0.717) is 24.9 Å². The smallest absolute Gasteiger partial charge is 0.283 e. The first-order chi connectivity index (χ1) is 17.6. The molecule has 1 aliphatic rings. The van der Waals surface area contributed by atoms with E-state index in [0.717, 1.165) is 10.4 Å². The molecule has 4 nitrogen and oxygen atoms in total. The van der Waals surface area contributed by atoms with Gasteiger partial charge in [-0.3, -0.25) is 4.79 Å². The molecule has 1 heterocycles. The third-order valence-corrected chi connectivity index (χ3v) is 8.66. The molecule has 1 fully saturated rings. The third-order valence-electron chi connectivity index (χ3n) is 6.48. The number of halogens is 2. The summed E-state index contributed by atoms with van der Waals surface area (Å²) >= 11 is 0. The van der Waals surface area contributed by atoms with Crippen molar-refractivity contribution in [1.82, 2.24) is 0 Å². The number of aldehydes is 1. The molecular formula is C30H34F2NO3Si. The highest BCUT2D eigenvalue weighted by Crippen LogP contribution is 2.43. The van der Waals surface area contributed by atoms with Crippen LogP contribution >= 0.6 is 0 Å². The van der Waals surface area contributed by atoms with Crippen molar-refractivity contribution in [3.8, 4) is 0 Å². The zero-order chi connectivity index (χ0) is 26.7. The second-order valence-corrected chi connectivity index (χ2v) is 12.8. The zero-order valence-electron chi connectivity index (χ0n) is 22.0. The van der Waals surface area contributed by atoms with Gasteiger partial charge in [0.1, 0.15) is 0 Å². The fourth-order valence-corrected chi connectivity index (χ4v) is 7.24. The third kappa shape index (κ3) is 6.00. The van der Waals surface area contributed by atoms with Crippen LogP contribution in [0.25, 0.3) is 0 Å². The monoisotopic (exact) mass is 522 g/mol. The number of hydrogen-bond donors (Lipinski definition) is 0. The second-order valence-electron chi connectivity index (χ2n) is 10.7. The van der Waals surface area contributed by atoms with Crippen LogP contribution in [0.5, 0.6) is 0 Å². The number of carbonyl (C=O) groups is 1. The normalized spacial score (nSPS) is 19.2. The molecule has 1 unspecified atom stereocenters. The van der Waals surface area contributed by atoms with Gasteiger partial charge in [0.25, 0.3) is 9.04 Å². The summed E-state index contributed by atoms with van der Waals surface area (Å²) in [4.78, 5) is 13.6. The molecule has 1 radical (unpaired) electrons. The van der Waals surface area contributed by atoms with Gasteiger partial charge in [0.15, 0.2) is 17.9 Å². The van der Waals surface area contributed by atoms with Gasteiger partial charge in [-0.1, -0.05) is 81.4 Å². The molecule has 0 N–H and O–H groups in total. The van der Waals surface area contributed by atoms with Gasteiger partial charge < -0.3 is 14.1 Å². The van der Waals surface area contributed by atoms with Gasteiger partial charge >= 0.3 is 0 Å². The maximum atomic E-state index is 15.8. The quantitative estimate of drug-likeness (QED) is 0.312. The molecular weight excluding hydrogens is 488 g/mol. The molecule has 3 aromatic rings. The Labute approximate surface area is 219 Å². The van der Waals surface area contributed by atoms with Crippen LogP contribution in [-0.4, -0.2) is 40.6 Å². The highest BCUT2D eigenvalue weighted by atomic mass is 28.3. The molecule has 1 saturated heterocycles. The number of carbonyl (C=O) groups excluding carboxylic acids is 1. The maximum absolute atomic E-state index is 15.8. The van der Waals surface area contributed by atoms with Gasteiger partial charge in [-0.15, -0.1) is 0 Å².